The summed E-state index contributed by atoms with van der Waals surface area (Å²) in [6.45, 7) is 7.47. The molecule has 0 saturated carbocycles. The predicted octanol–water partition coefficient (Wildman–Crippen LogP) is 3.54. The number of hydrogen-bond acceptors (Lipinski definition) is 5. The summed E-state index contributed by atoms with van der Waals surface area (Å²) < 4.78 is 11.0. The van der Waals surface area contributed by atoms with Gasteiger partial charge in [0.1, 0.15) is 0 Å². The molecule has 1 heterocycles. The van der Waals surface area contributed by atoms with E-state index >= 15 is 0 Å². The van der Waals surface area contributed by atoms with Gasteiger partial charge >= 0.3 is 0 Å². The highest BCUT2D eigenvalue weighted by Gasteiger charge is 2.35. The van der Waals surface area contributed by atoms with Crippen LogP contribution < -0.4 is 5.32 Å². The van der Waals surface area contributed by atoms with Crippen molar-refractivity contribution in [2.75, 3.05) is 39.4 Å². The van der Waals surface area contributed by atoms with E-state index in [-0.39, 0.29) is 6.04 Å². The fraction of sp³-hybridized carbons (Fsp3) is 0.478. The third-order valence-electron chi connectivity index (χ3n) is 5.22. The molecule has 2 N–H and O–H groups in total. The maximum absolute atomic E-state index is 10.7. The first-order chi connectivity index (χ1) is 14.0. The number of halogens is 1. The van der Waals surface area contributed by atoms with Crippen LogP contribution in [0.3, 0.4) is 0 Å². The van der Waals surface area contributed by atoms with Gasteiger partial charge < -0.3 is 19.9 Å². The van der Waals surface area contributed by atoms with Gasteiger partial charge in [0, 0.05) is 43.9 Å². The van der Waals surface area contributed by atoms with Crippen molar-refractivity contribution in [2.45, 2.75) is 32.3 Å². The van der Waals surface area contributed by atoms with Crippen LogP contribution >= 0.6 is 11.6 Å². The van der Waals surface area contributed by atoms with Crippen LogP contribution in [-0.4, -0.2) is 61.4 Å². The number of aliphatic hydroxyl groups is 1. The van der Waals surface area contributed by atoms with Crippen LogP contribution in [0.2, 0.25) is 5.02 Å². The largest absolute Gasteiger partial charge is 0.342 e. The smallest absolute Gasteiger partial charge is 0.293 e. The molecular formula is C23H31ClN2O3. The summed E-state index contributed by atoms with van der Waals surface area (Å²) in [5.41, 5.74) is 3.59. The average molecular weight is 419 g/mol. The molecule has 0 spiro atoms. The lowest BCUT2D eigenvalue weighted by atomic mass is 9.99. The van der Waals surface area contributed by atoms with Crippen molar-refractivity contribution in [3.05, 3.63) is 59.1 Å². The summed E-state index contributed by atoms with van der Waals surface area (Å²) in [7, 11) is 0. The summed E-state index contributed by atoms with van der Waals surface area (Å²) in [5.74, 6) is -1.56. The summed E-state index contributed by atoms with van der Waals surface area (Å²) in [6, 6.07) is 16.8. The minimum absolute atomic E-state index is 0.262. The summed E-state index contributed by atoms with van der Waals surface area (Å²) in [4.78, 5) is 2.26. The van der Waals surface area contributed by atoms with Crippen molar-refractivity contribution in [3.63, 3.8) is 0 Å². The highest BCUT2D eigenvalue weighted by molar-refractivity contribution is 6.30. The lowest BCUT2D eigenvalue weighted by Crippen LogP contribution is -2.58. The number of nitrogens with one attached hydrogen (secondary N) is 1. The molecule has 158 valence electrons. The fourth-order valence-corrected chi connectivity index (χ4v) is 3.93. The second kappa shape index (κ2) is 10.5. The second-order valence-corrected chi connectivity index (χ2v) is 7.75. The van der Waals surface area contributed by atoms with Crippen LogP contribution in [-0.2, 0) is 15.9 Å². The Morgan fingerprint density at radius 3 is 2.21 bits per heavy atom. The van der Waals surface area contributed by atoms with Crippen molar-refractivity contribution in [2.24, 2.45) is 0 Å². The Kier molecular flexibility index (Phi) is 8.07. The summed E-state index contributed by atoms with van der Waals surface area (Å²) in [6.07, 6.45) is 0.891. The molecule has 5 nitrogen and oxygen atoms in total. The van der Waals surface area contributed by atoms with Crippen LogP contribution in [0.15, 0.2) is 48.5 Å². The van der Waals surface area contributed by atoms with Gasteiger partial charge in [-0.25, -0.2) is 0 Å². The lowest BCUT2D eigenvalue weighted by molar-refractivity contribution is -0.363. The molecule has 2 aromatic rings. The molecule has 1 aliphatic heterocycles. The van der Waals surface area contributed by atoms with Gasteiger partial charge in [0.2, 0.25) is 0 Å². The number of piperazine rings is 1. The van der Waals surface area contributed by atoms with E-state index in [1.54, 1.807) is 0 Å². The Balaban J connectivity index is 1.67. The van der Waals surface area contributed by atoms with Gasteiger partial charge in [-0.1, -0.05) is 48.0 Å². The van der Waals surface area contributed by atoms with E-state index in [0.717, 1.165) is 36.6 Å². The predicted molar refractivity (Wildman–Crippen MR) is 117 cm³/mol. The Labute approximate surface area is 178 Å². The van der Waals surface area contributed by atoms with Crippen LogP contribution in [0.25, 0.3) is 11.1 Å². The van der Waals surface area contributed by atoms with Gasteiger partial charge in [0.25, 0.3) is 5.97 Å². The molecule has 6 heteroatoms. The first-order valence-electron chi connectivity index (χ1n) is 10.3. The van der Waals surface area contributed by atoms with E-state index in [9.17, 15) is 5.11 Å². The van der Waals surface area contributed by atoms with Crippen molar-refractivity contribution in [3.8, 4) is 11.1 Å². The number of rotatable bonds is 9. The topological polar surface area (TPSA) is 54.0 Å². The highest BCUT2D eigenvalue weighted by atomic mass is 35.5. The van der Waals surface area contributed by atoms with Crippen molar-refractivity contribution >= 4 is 11.6 Å². The normalized spacial score (nSPS) is 18.1. The maximum atomic E-state index is 10.7. The Bertz CT molecular complexity index is 746. The molecule has 0 amide bonds. The van der Waals surface area contributed by atoms with Crippen LogP contribution in [0, 0.1) is 0 Å². The Morgan fingerprint density at radius 2 is 1.62 bits per heavy atom. The zero-order chi connectivity index (χ0) is 20.7. The molecule has 29 heavy (non-hydrogen) atoms. The van der Waals surface area contributed by atoms with E-state index in [1.165, 1.54) is 11.1 Å². The fourth-order valence-electron chi connectivity index (χ4n) is 3.80. The second-order valence-electron chi connectivity index (χ2n) is 7.32. The standard InChI is InChI=1S/C23H31ClN2O3/c1-3-28-23(27,29-4-2)17-26-14-13-25-16-22(26)15-18-5-7-19(8-6-18)20-9-11-21(24)12-10-20/h5-12,22,25,27H,3-4,13-17H2,1-2H3. The molecule has 1 saturated heterocycles. The lowest BCUT2D eigenvalue weighted by Gasteiger charge is -2.40. The first kappa shape index (κ1) is 22.2. The third kappa shape index (κ3) is 6.25. The van der Waals surface area contributed by atoms with Gasteiger partial charge in [0.05, 0.1) is 6.54 Å². The van der Waals surface area contributed by atoms with E-state index < -0.39 is 5.97 Å². The van der Waals surface area contributed by atoms with Gasteiger partial charge in [-0.2, -0.15) is 0 Å². The molecule has 0 aromatic heterocycles. The van der Waals surface area contributed by atoms with Gasteiger partial charge in [-0.15, -0.1) is 0 Å². The maximum Gasteiger partial charge on any atom is 0.293 e. The molecule has 0 radical (unpaired) electrons. The van der Waals surface area contributed by atoms with Crippen LogP contribution in [0.1, 0.15) is 19.4 Å². The number of ether oxygens (including phenoxy) is 2. The molecule has 1 fully saturated rings. The van der Waals surface area contributed by atoms with Crippen molar-refractivity contribution in [1.82, 2.24) is 10.2 Å². The molecule has 1 atom stereocenters. The molecule has 3 rings (SSSR count). The number of benzene rings is 2. The minimum Gasteiger partial charge on any atom is -0.342 e. The molecule has 1 aliphatic rings. The number of β-amino-alcohol motifs (C(OH)–C–C–N with tert-alkyl or cyclic N) is 1. The van der Waals surface area contributed by atoms with Crippen molar-refractivity contribution in [1.29, 1.82) is 0 Å². The minimum atomic E-state index is -1.56. The molecular weight excluding hydrogens is 388 g/mol. The summed E-state index contributed by atoms with van der Waals surface area (Å²) >= 11 is 5.99. The molecule has 0 bridgehead atoms. The first-order valence-corrected chi connectivity index (χ1v) is 10.7. The van der Waals surface area contributed by atoms with Crippen LogP contribution in [0.5, 0.6) is 0 Å². The van der Waals surface area contributed by atoms with Crippen molar-refractivity contribution < 1.29 is 14.6 Å². The zero-order valence-electron chi connectivity index (χ0n) is 17.2. The Morgan fingerprint density at radius 1 is 1.03 bits per heavy atom. The monoisotopic (exact) mass is 418 g/mol. The number of hydrogen-bond donors (Lipinski definition) is 2. The SMILES string of the molecule is CCOC(O)(CN1CCNCC1Cc1ccc(-c2ccc(Cl)cc2)cc1)OCC. The van der Waals surface area contributed by atoms with Gasteiger partial charge in [-0.3, -0.25) is 4.90 Å². The summed E-state index contributed by atoms with van der Waals surface area (Å²) in [5, 5.41) is 14.9. The van der Waals surface area contributed by atoms with Gasteiger partial charge in [0.15, 0.2) is 0 Å². The quantitative estimate of drug-likeness (QED) is 0.610. The van der Waals surface area contributed by atoms with E-state index in [1.807, 2.05) is 38.1 Å². The molecule has 1 unspecified atom stereocenters. The van der Waals surface area contributed by atoms with Crippen LogP contribution in [0.4, 0.5) is 0 Å². The number of nitrogens with zero attached hydrogens (tertiary/aromatic N) is 1. The highest BCUT2D eigenvalue weighted by Crippen LogP contribution is 2.23. The van der Waals surface area contributed by atoms with Gasteiger partial charge in [-0.05, 0) is 49.1 Å². The van der Waals surface area contributed by atoms with E-state index in [2.05, 4.69) is 34.5 Å². The molecule has 2 aromatic carbocycles. The molecule has 0 aliphatic carbocycles. The third-order valence-corrected chi connectivity index (χ3v) is 5.47. The van der Waals surface area contributed by atoms with E-state index in [4.69, 9.17) is 21.1 Å². The van der Waals surface area contributed by atoms with E-state index in [0.29, 0.717) is 19.8 Å². The Hall–Kier alpha value is -1.47. The zero-order valence-corrected chi connectivity index (χ0v) is 18.0. The average Bonchev–Trinajstić information content (AvgIpc) is 2.71.